The van der Waals surface area contributed by atoms with Crippen LogP contribution in [0.1, 0.15) is 44.7 Å². The SMILES string of the molecule is CCCC(CCO)Oc1nc(N)c2ncc(CC3CCNCC3)n2n1. The summed E-state index contributed by atoms with van der Waals surface area (Å²) in [5.74, 6) is 0.949. The summed E-state index contributed by atoms with van der Waals surface area (Å²) >= 11 is 0. The maximum atomic E-state index is 9.20. The first kappa shape index (κ1) is 17.9. The monoisotopic (exact) mass is 348 g/mol. The summed E-state index contributed by atoms with van der Waals surface area (Å²) in [4.78, 5) is 8.61. The number of nitrogens with zero attached hydrogens (tertiary/aromatic N) is 4. The number of nitrogen functional groups attached to an aromatic ring is 1. The number of imidazole rings is 1. The number of aromatic nitrogens is 4. The van der Waals surface area contributed by atoms with Gasteiger partial charge < -0.3 is 20.9 Å². The molecule has 8 heteroatoms. The number of aliphatic hydroxyl groups excluding tert-OH is 1. The summed E-state index contributed by atoms with van der Waals surface area (Å²) in [6.45, 7) is 4.28. The fourth-order valence-corrected chi connectivity index (χ4v) is 3.38. The van der Waals surface area contributed by atoms with Crippen LogP contribution in [0, 0.1) is 5.92 Å². The lowest BCUT2D eigenvalue weighted by Gasteiger charge is -2.22. The standard InChI is InChI=1S/C17H28N6O2/c1-2-3-14(6-9-24)25-17-21-15(18)16-20-11-13(23(16)22-17)10-12-4-7-19-8-5-12/h11-12,14,19,24H,2-10H2,1H3,(H2,18,21,22). The molecule has 0 amide bonds. The summed E-state index contributed by atoms with van der Waals surface area (Å²) in [5.41, 5.74) is 7.66. The summed E-state index contributed by atoms with van der Waals surface area (Å²) in [7, 11) is 0. The minimum absolute atomic E-state index is 0.0778. The van der Waals surface area contributed by atoms with E-state index in [4.69, 9.17) is 10.5 Å². The number of ether oxygens (including phenoxy) is 1. The predicted octanol–water partition coefficient (Wildman–Crippen LogP) is 1.18. The molecule has 4 N–H and O–H groups in total. The Morgan fingerprint density at radius 1 is 1.40 bits per heavy atom. The molecule has 0 radical (unpaired) electrons. The number of rotatable bonds is 8. The minimum atomic E-state index is -0.108. The molecule has 1 atom stereocenters. The Bertz CT molecular complexity index is 677. The number of anilines is 1. The van der Waals surface area contributed by atoms with Crippen molar-refractivity contribution < 1.29 is 9.84 Å². The van der Waals surface area contributed by atoms with Gasteiger partial charge in [0, 0.05) is 13.0 Å². The van der Waals surface area contributed by atoms with E-state index in [1.165, 1.54) is 0 Å². The molecule has 0 spiro atoms. The molecule has 8 nitrogen and oxygen atoms in total. The Hall–Kier alpha value is -1.93. The van der Waals surface area contributed by atoms with Gasteiger partial charge in [-0.05, 0) is 44.7 Å². The zero-order chi connectivity index (χ0) is 17.6. The zero-order valence-corrected chi connectivity index (χ0v) is 14.8. The van der Waals surface area contributed by atoms with Gasteiger partial charge in [0.2, 0.25) is 0 Å². The zero-order valence-electron chi connectivity index (χ0n) is 14.8. The maximum absolute atomic E-state index is 9.20. The second-order valence-electron chi connectivity index (χ2n) is 6.70. The third-order valence-corrected chi connectivity index (χ3v) is 4.73. The highest BCUT2D eigenvalue weighted by Crippen LogP contribution is 2.21. The number of hydrogen-bond donors (Lipinski definition) is 3. The van der Waals surface area contributed by atoms with Gasteiger partial charge in [-0.25, -0.2) is 9.50 Å². The lowest BCUT2D eigenvalue weighted by Crippen LogP contribution is -2.29. The third-order valence-electron chi connectivity index (χ3n) is 4.73. The molecular formula is C17H28N6O2. The van der Waals surface area contributed by atoms with Gasteiger partial charge in [-0.2, -0.15) is 4.98 Å². The Labute approximate surface area is 147 Å². The molecule has 1 aliphatic heterocycles. The van der Waals surface area contributed by atoms with Crippen molar-refractivity contribution in [2.24, 2.45) is 5.92 Å². The highest BCUT2D eigenvalue weighted by Gasteiger charge is 2.19. The Balaban J connectivity index is 1.81. The summed E-state index contributed by atoms with van der Waals surface area (Å²) in [6, 6.07) is 0.251. The van der Waals surface area contributed by atoms with Gasteiger partial charge in [0.15, 0.2) is 11.5 Å². The maximum Gasteiger partial charge on any atom is 0.336 e. The van der Waals surface area contributed by atoms with Gasteiger partial charge in [-0.1, -0.05) is 13.3 Å². The third kappa shape index (κ3) is 4.38. The lowest BCUT2D eigenvalue weighted by molar-refractivity contribution is 0.133. The topological polar surface area (TPSA) is 111 Å². The van der Waals surface area contributed by atoms with Crippen LogP contribution in [0.5, 0.6) is 6.01 Å². The fraction of sp³-hybridized carbons (Fsp3) is 0.706. The molecule has 0 saturated carbocycles. The molecule has 1 saturated heterocycles. The largest absolute Gasteiger partial charge is 0.459 e. The van der Waals surface area contributed by atoms with Crippen molar-refractivity contribution in [2.75, 3.05) is 25.4 Å². The van der Waals surface area contributed by atoms with Crippen molar-refractivity contribution in [3.63, 3.8) is 0 Å². The molecule has 0 aliphatic carbocycles. The predicted molar refractivity (Wildman–Crippen MR) is 95.5 cm³/mol. The van der Waals surface area contributed by atoms with E-state index >= 15 is 0 Å². The van der Waals surface area contributed by atoms with Crippen LogP contribution in [0.15, 0.2) is 6.20 Å². The molecule has 1 aliphatic rings. The average Bonchev–Trinajstić information content (AvgIpc) is 3.00. The van der Waals surface area contributed by atoms with Gasteiger partial charge >= 0.3 is 6.01 Å². The number of nitrogens with one attached hydrogen (secondary N) is 1. The molecule has 3 heterocycles. The van der Waals surface area contributed by atoms with Crippen LogP contribution >= 0.6 is 0 Å². The van der Waals surface area contributed by atoms with Crippen molar-refractivity contribution in [1.82, 2.24) is 24.9 Å². The molecular weight excluding hydrogens is 320 g/mol. The van der Waals surface area contributed by atoms with E-state index in [0.717, 1.165) is 50.9 Å². The van der Waals surface area contributed by atoms with Gasteiger partial charge in [0.05, 0.1) is 11.9 Å². The molecule has 2 aromatic heterocycles. The number of hydrogen-bond acceptors (Lipinski definition) is 7. The van der Waals surface area contributed by atoms with E-state index in [1.807, 2.05) is 6.20 Å². The van der Waals surface area contributed by atoms with Crippen LogP contribution in [-0.2, 0) is 6.42 Å². The van der Waals surface area contributed by atoms with Crippen LogP contribution < -0.4 is 15.8 Å². The molecule has 1 unspecified atom stereocenters. The smallest absolute Gasteiger partial charge is 0.336 e. The first-order chi connectivity index (χ1) is 12.2. The summed E-state index contributed by atoms with van der Waals surface area (Å²) < 4.78 is 7.64. The van der Waals surface area contributed by atoms with Crippen molar-refractivity contribution in [3.8, 4) is 6.01 Å². The normalized spacial score (nSPS) is 17.0. The van der Waals surface area contributed by atoms with E-state index in [1.54, 1.807) is 4.52 Å². The van der Waals surface area contributed by atoms with Gasteiger partial charge in [0.1, 0.15) is 6.10 Å². The Morgan fingerprint density at radius 3 is 2.92 bits per heavy atom. The van der Waals surface area contributed by atoms with Crippen molar-refractivity contribution in [1.29, 1.82) is 0 Å². The van der Waals surface area contributed by atoms with Crippen molar-refractivity contribution >= 4 is 11.5 Å². The number of nitrogens with two attached hydrogens (primary N) is 1. The first-order valence-corrected chi connectivity index (χ1v) is 9.19. The fourth-order valence-electron chi connectivity index (χ4n) is 3.38. The lowest BCUT2D eigenvalue weighted by atomic mass is 9.93. The molecule has 3 rings (SSSR count). The van der Waals surface area contributed by atoms with Crippen LogP contribution in [0.3, 0.4) is 0 Å². The van der Waals surface area contributed by atoms with E-state index in [0.29, 0.717) is 23.8 Å². The van der Waals surface area contributed by atoms with Crippen LogP contribution in [0.25, 0.3) is 5.65 Å². The molecule has 138 valence electrons. The molecule has 0 aromatic carbocycles. The van der Waals surface area contributed by atoms with E-state index in [9.17, 15) is 5.11 Å². The number of fused-ring (bicyclic) bond motifs is 1. The van der Waals surface area contributed by atoms with Gasteiger partial charge in [-0.3, -0.25) is 0 Å². The van der Waals surface area contributed by atoms with E-state index in [-0.39, 0.29) is 18.7 Å². The Kier molecular flexibility index (Phi) is 6.04. The van der Waals surface area contributed by atoms with Crippen LogP contribution in [0.2, 0.25) is 0 Å². The molecule has 1 fully saturated rings. The van der Waals surface area contributed by atoms with Crippen LogP contribution in [-0.4, -0.2) is 50.5 Å². The highest BCUT2D eigenvalue weighted by atomic mass is 16.5. The Morgan fingerprint density at radius 2 is 2.20 bits per heavy atom. The van der Waals surface area contributed by atoms with E-state index in [2.05, 4.69) is 27.3 Å². The highest BCUT2D eigenvalue weighted by molar-refractivity contribution is 5.59. The molecule has 2 aromatic rings. The molecule has 0 bridgehead atoms. The number of piperidine rings is 1. The second kappa shape index (κ2) is 8.44. The quantitative estimate of drug-likeness (QED) is 0.657. The minimum Gasteiger partial charge on any atom is -0.459 e. The van der Waals surface area contributed by atoms with Crippen molar-refractivity contribution in [3.05, 3.63) is 11.9 Å². The first-order valence-electron chi connectivity index (χ1n) is 9.19. The van der Waals surface area contributed by atoms with Gasteiger partial charge in [-0.15, -0.1) is 5.10 Å². The average molecular weight is 348 g/mol. The second-order valence-corrected chi connectivity index (χ2v) is 6.70. The summed E-state index contributed by atoms with van der Waals surface area (Å²) in [5, 5.41) is 17.1. The molecule has 25 heavy (non-hydrogen) atoms. The summed E-state index contributed by atoms with van der Waals surface area (Å²) in [6.07, 6.45) is 7.34. The number of aliphatic hydroxyl groups is 1. The van der Waals surface area contributed by atoms with Crippen LogP contribution in [0.4, 0.5) is 5.82 Å². The van der Waals surface area contributed by atoms with E-state index < -0.39 is 0 Å². The van der Waals surface area contributed by atoms with Crippen molar-refractivity contribution in [2.45, 2.75) is 51.6 Å². The van der Waals surface area contributed by atoms with Gasteiger partial charge in [0.25, 0.3) is 0 Å².